The minimum atomic E-state index is -0.329. The van der Waals surface area contributed by atoms with Crippen molar-refractivity contribution < 1.29 is 9.90 Å². The van der Waals surface area contributed by atoms with Crippen LogP contribution in [0.15, 0.2) is 91.0 Å². The Labute approximate surface area is 259 Å². The first-order valence-electron chi connectivity index (χ1n) is 16.2. The molecule has 1 fully saturated rings. The Kier molecular flexibility index (Phi) is 10.5. The highest BCUT2D eigenvalue weighted by atomic mass is 16.3. The van der Waals surface area contributed by atoms with E-state index >= 15 is 0 Å². The van der Waals surface area contributed by atoms with Crippen LogP contribution in [0.4, 0.5) is 0 Å². The Bertz CT molecular complexity index is 1460. The third-order valence-electron chi connectivity index (χ3n) is 9.52. The lowest BCUT2D eigenvalue weighted by Gasteiger charge is -2.34. The van der Waals surface area contributed by atoms with E-state index in [1.54, 1.807) is 0 Å². The van der Waals surface area contributed by atoms with Gasteiger partial charge in [-0.1, -0.05) is 97.8 Å². The van der Waals surface area contributed by atoms with E-state index in [9.17, 15) is 9.90 Å². The number of carbonyl (C=O) groups excluding carboxylic acids is 1. The lowest BCUT2D eigenvalue weighted by molar-refractivity contribution is -0.122. The number of terminal acetylenes is 1. The van der Waals surface area contributed by atoms with Crippen molar-refractivity contribution in [2.75, 3.05) is 0 Å². The molecule has 222 valence electrons. The molecule has 0 bridgehead atoms. The fraction of sp³-hybridized carbons (Fsp3) is 0.390. The number of ketones is 1. The molecule has 0 aliphatic heterocycles. The quantitative estimate of drug-likeness (QED) is 0.221. The highest BCUT2D eigenvalue weighted by Crippen LogP contribution is 2.41. The Morgan fingerprint density at radius 1 is 0.953 bits per heavy atom. The molecule has 43 heavy (non-hydrogen) atoms. The Hall–Kier alpha value is -3.67. The smallest absolute Gasteiger partial charge is 0.140 e. The molecule has 0 heterocycles. The van der Waals surface area contributed by atoms with Gasteiger partial charge in [0.25, 0.3) is 0 Å². The molecule has 0 spiro atoms. The molecule has 2 aliphatic rings. The van der Waals surface area contributed by atoms with E-state index in [1.807, 2.05) is 13.0 Å². The van der Waals surface area contributed by atoms with Crippen molar-refractivity contribution in [3.05, 3.63) is 124 Å². The molecule has 1 saturated carbocycles. The second-order valence-corrected chi connectivity index (χ2v) is 12.9. The molecule has 2 heteroatoms. The molecule has 0 amide bonds. The Morgan fingerprint density at radius 3 is 2.35 bits per heavy atom. The maximum atomic E-state index is 13.9. The second-order valence-electron chi connectivity index (χ2n) is 12.9. The second kappa shape index (κ2) is 14.7. The van der Waals surface area contributed by atoms with Gasteiger partial charge in [0.05, 0.1) is 6.10 Å². The molecule has 1 N–H and O–H groups in total. The van der Waals surface area contributed by atoms with Crippen LogP contribution in [0, 0.1) is 30.1 Å². The number of aryl methyl sites for hydroxylation is 2. The first-order valence-corrected chi connectivity index (χ1v) is 16.2. The Balaban J connectivity index is 1.27. The summed E-state index contributed by atoms with van der Waals surface area (Å²) in [5.41, 5.74) is 8.34. The fourth-order valence-corrected chi connectivity index (χ4v) is 7.06. The van der Waals surface area contributed by atoms with Crippen molar-refractivity contribution in [1.82, 2.24) is 0 Å². The highest BCUT2D eigenvalue weighted by molar-refractivity contribution is 5.86. The number of allylic oxidation sites excluding steroid dienone is 4. The summed E-state index contributed by atoms with van der Waals surface area (Å²) in [6.07, 6.45) is 20.6. The maximum absolute atomic E-state index is 13.9. The van der Waals surface area contributed by atoms with Crippen LogP contribution in [0.5, 0.6) is 0 Å². The normalized spacial score (nSPS) is 21.2. The molecule has 2 nitrogen and oxygen atoms in total. The fourth-order valence-electron chi connectivity index (χ4n) is 7.06. The van der Waals surface area contributed by atoms with Crippen molar-refractivity contribution in [2.45, 2.75) is 83.7 Å². The zero-order valence-corrected chi connectivity index (χ0v) is 25.8. The van der Waals surface area contributed by atoms with Crippen LogP contribution < -0.4 is 0 Å². The number of aliphatic hydroxyl groups is 1. The number of Topliss-reactive ketones (excluding diaryl/α,β-unsaturated/α-hetero) is 1. The summed E-state index contributed by atoms with van der Waals surface area (Å²) < 4.78 is 0. The summed E-state index contributed by atoms with van der Waals surface area (Å²) in [6.45, 7) is 4.04. The molecule has 5 rings (SSSR count). The first kappa shape index (κ1) is 30.8. The van der Waals surface area contributed by atoms with Gasteiger partial charge in [0, 0.05) is 17.9 Å². The summed E-state index contributed by atoms with van der Waals surface area (Å²) in [5, 5.41) is 9.78. The van der Waals surface area contributed by atoms with Crippen molar-refractivity contribution in [3.8, 4) is 12.3 Å². The zero-order chi connectivity index (χ0) is 30.2. The van der Waals surface area contributed by atoms with Gasteiger partial charge in [0.2, 0.25) is 0 Å². The molecule has 0 saturated heterocycles. The van der Waals surface area contributed by atoms with Gasteiger partial charge in [-0.3, -0.25) is 4.79 Å². The molecule has 3 unspecified atom stereocenters. The maximum Gasteiger partial charge on any atom is 0.140 e. The van der Waals surface area contributed by atoms with Crippen LogP contribution in [0.1, 0.15) is 91.7 Å². The van der Waals surface area contributed by atoms with Crippen LogP contribution in [0.25, 0.3) is 5.57 Å². The van der Waals surface area contributed by atoms with Gasteiger partial charge < -0.3 is 5.11 Å². The van der Waals surface area contributed by atoms with Crippen molar-refractivity contribution >= 4 is 11.4 Å². The van der Waals surface area contributed by atoms with Crippen LogP contribution >= 0.6 is 0 Å². The predicted octanol–water partition coefficient (Wildman–Crippen LogP) is 8.91. The molecule has 2 aliphatic carbocycles. The van der Waals surface area contributed by atoms with E-state index in [4.69, 9.17) is 6.42 Å². The van der Waals surface area contributed by atoms with E-state index in [0.29, 0.717) is 30.0 Å². The highest BCUT2D eigenvalue weighted by Gasteiger charge is 2.33. The SMILES string of the molecule is C#Cc1ccc(CC2CCC(C(C(=O)CCc3ccccc3)c3ccc(C4=CC(C)C=C4)cc3)CC2)cc1CCC(C)O. The zero-order valence-electron chi connectivity index (χ0n) is 25.8. The van der Waals surface area contributed by atoms with Gasteiger partial charge in [-0.05, 0) is 116 Å². The number of hydrogen-bond acceptors (Lipinski definition) is 2. The molecule has 3 atom stereocenters. The van der Waals surface area contributed by atoms with E-state index in [2.05, 4.69) is 97.8 Å². The van der Waals surface area contributed by atoms with E-state index in [0.717, 1.165) is 56.9 Å². The van der Waals surface area contributed by atoms with Crippen LogP contribution in [0.3, 0.4) is 0 Å². The van der Waals surface area contributed by atoms with Gasteiger partial charge >= 0.3 is 0 Å². The number of rotatable bonds is 12. The summed E-state index contributed by atoms with van der Waals surface area (Å²) in [7, 11) is 0. The van der Waals surface area contributed by atoms with E-state index in [1.165, 1.54) is 33.4 Å². The monoisotopic (exact) mass is 570 g/mol. The molecular weight excluding hydrogens is 524 g/mol. The van der Waals surface area contributed by atoms with Gasteiger partial charge in [0.15, 0.2) is 0 Å². The van der Waals surface area contributed by atoms with E-state index in [-0.39, 0.29) is 12.0 Å². The van der Waals surface area contributed by atoms with Crippen LogP contribution in [-0.2, 0) is 24.1 Å². The largest absolute Gasteiger partial charge is 0.393 e. The summed E-state index contributed by atoms with van der Waals surface area (Å²) >= 11 is 0. The summed E-state index contributed by atoms with van der Waals surface area (Å²) in [5.74, 6) is 4.61. The summed E-state index contributed by atoms with van der Waals surface area (Å²) in [6, 6.07) is 25.8. The number of carbonyl (C=O) groups is 1. The van der Waals surface area contributed by atoms with Crippen molar-refractivity contribution in [2.24, 2.45) is 17.8 Å². The Morgan fingerprint density at radius 2 is 1.70 bits per heavy atom. The van der Waals surface area contributed by atoms with Gasteiger partial charge in [-0.2, -0.15) is 0 Å². The topological polar surface area (TPSA) is 37.3 Å². The lowest BCUT2D eigenvalue weighted by Crippen LogP contribution is -2.27. The number of hydrogen-bond donors (Lipinski definition) is 1. The molecule has 3 aromatic rings. The molecule has 0 radical (unpaired) electrons. The summed E-state index contributed by atoms with van der Waals surface area (Å²) in [4.78, 5) is 13.9. The lowest BCUT2D eigenvalue weighted by atomic mass is 9.70. The van der Waals surface area contributed by atoms with Crippen LogP contribution in [0.2, 0.25) is 0 Å². The average Bonchev–Trinajstić information content (AvgIpc) is 3.47. The first-order chi connectivity index (χ1) is 20.9. The van der Waals surface area contributed by atoms with Gasteiger partial charge in [0.1, 0.15) is 5.78 Å². The molecule has 0 aromatic heterocycles. The van der Waals surface area contributed by atoms with Gasteiger partial charge in [-0.15, -0.1) is 6.42 Å². The van der Waals surface area contributed by atoms with Crippen molar-refractivity contribution in [3.63, 3.8) is 0 Å². The van der Waals surface area contributed by atoms with Crippen molar-refractivity contribution in [1.29, 1.82) is 0 Å². The third-order valence-corrected chi connectivity index (χ3v) is 9.52. The van der Waals surface area contributed by atoms with Gasteiger partial charge in [-0.25, -0.2) is 0 Å². The number of aliphatic hydroxyl groups excluding tert-OH is 1. The molecule has 3 aromatic carbocycles. The third kappa shape index (κ3) is 8.25. The number of benzene rings is 3. The van der Waals surface area contributed by atoms with E-state index < -0.39 is 0 Å². The minimum Gasteiger partial charge on any atom is -0.393 e. The van der Waals surface area contributed by atoms with Crippen LogP contribution in [-0.4, -0.2) is 17.0 Å². The minimum absolute atomic E-state index is 0.0484. The predicted molar refractivity (Wildman–Crippen MR) is 179 cm³/mol. The average molecular weight is 571 g/mol. The standard InChI is InChI=1S/C41H46O2/c1-4-34-18-14-33(28-39(34)17-11-30(3)42)27-32-12-19-36(20-13-32)41(40(43)25-15-31-8-6-5-7-9-31)37-23-21-35(22-24-37)38-16-10-29(2)26-38/h1,5-10,14,16,18,21-24,26,28-30,32,36,41-42H,11-13,15,17,19-20,25,27H2,2-3H3. The molecular formula is C41H46O2.